The van der Waals surface area contributed by atoms with E-state index in [1.807, 2.05) is 12.1 Å². The van der Waals surface area contributed by atoms with Gasteiger partial charge >= 0.3 is 0 Å². The van der Waals surface area contributed by atoms with Crippen molar-refractivity contribution in [3.05, 3.63) is 69.2 Å². The fourth-order valence-electron chi connectivity index (χ4n) is 2.14. The predicted molar refractivity (Wildman–Crippen MR) is 119 cm³/mol. The van der Waals surface area contributed by atoms with Gasteiger partial charge in [-0.3, -0.25) is 0 Å². The summed E-state index contributed by atoms with van der Waals surface area (Å²) in [5.41, 5.74) is 4.30. The van der Waals surface area contributed by atoms with Crippen molar-refractivity contribution in [2.24, 2.45) is 0 Å². The van der Waals surface area contributed by atoms with Gasteiger partial charge in [0.25, 0.3) is 0 Å². The molecule has 0 radical (unpaired) electrons. The zero-order chi connectivity index (χ0) is 20.5. The number of ether oxygens (including phenoxy) is 2. The van der Waals surface area contributed by atoms with E-state index in [9.17, 15) is 0 Å². The molecule has 0 aliphatic heterocycles. The molecule has 148 valence electrons. The highest BCUT2D eigenvalue weighted by atomic mass is 35.5. The molecule has 0 fully saturated rings. The molecule has 2 aromatic carbocycles. The lowest BCUT2D eigenvalue weighted by Crippen LogP contribution is -2.82. The van der Waals surface area contributed by atoms with Crippen molar-refractivity contribution >= 4 is 58.3 Å². The van der Waals surface area contributed by atoms with E-state index < -0.39 is 0 Å². The Kier molecular flexibility index (Phi) is 8.86. The summed E-state index contributed by atoms with van der Waals surface area (Å²) in [7, 11) is 1.56. The molecule has 0 aliphatic carbocycles. The lowest BCUT2D eigenvalue weighted by Gasteiger charge is -2.13. The lowest BCUT2D eigenvalue weighted by molar-refractivity contribution is -0.500. The molecular weight excluding hydrogens is 441 g/mol. The number of hydrazone groups is 1. The van der Waals surface area contributed by atoms with E-state index in [-0.39, 0.29) is 6.61 Å². The third-order valence-corrected chi connectivity index (χ3v) is 4.97. The van der Waals surface area contributed by atoms with Crippen LogP contribution < -0.4 is 25.3 Å². The van der Waals surface area contributed by atoms with E-state index in [2.05, 4.69) is 22.4 Å². The van der Waals surface area contributed by atoms with Crippen molar-refractivity contribution in [3.8, 4) is 11.5 Å². The Bertz CT molecular complexity index is 891. The summed E-state index contributed by atoms with van der Waals surface area (Å²) in [4.78, 5) is 0. The summed E-state index contributed by atoms with van der Waals surface area (Å²) in [6, 6.07) is 8.77. The smallest absolute Gasteiger partial charge is 0.224 e. The zero-order valence-electron chi connectivity index (χ0n) is 15.0. The third kappa shape index (κ3) is 6.27. The number of hydrogen-bond acceptors (Lipinski definition) is 3. The van der Waals surface area contributed by atoms with Gasteiger partial charge in [-0.2, -0.15) is 0 Å². The van der Waals surface area contributed by atoms with Gasteiger partial charge in [-0.1, -0.05) is 40.9 Å². The standard InChI is InChI=1S/C19H18Cl3N3O2S/c1-3-8-23-19(28)25-24-10-12-4-7-16(17(9-12)26-2)27-11-13-14(20)5-6-15(21)18(13)22/h3-7,9-10H,1,8,11H2,2H3,(H2,23,25,28)/p+1. The monoisotopic (exact) mass is 458 g/mol. The van der Waals surface area contributed by atoms with E-state index in [1.165, 1.54) is 0 Å². The van der Waals surface area contributed by atoms with Crippen LogP contribution in [-0.2, 0) is 6.61 Å². The molecule has 0 aromatic heterocycles. The molecule has 0 spiro atoms. The minimum atomic E-state index is 0.153. The molecule has 0 aliphatic rings. The highest BCUT2D eigenvalue weighted by Gasteiger charge is 2.12. The molecule has 3 N–H and O–H groups in total. The summed E-state index contributed by atoms with van der Waals surface area (Å²) < 4.78 is 11.2. The summed E-state index contributed by atoms with van der Waals surface area (Å²) in [5, 5.41) is 7.57. The molecule has 0 atom stereocenters. The van der Waals surface area contributed by atoms with E-state index in [0.29, 0.717) is 43.8 Å². The van der Waals surface area contributed by atoms with Gasteiger partial charge in [-0.15, -0.1) is 17.1 Å². The Balaban J connectivity index is 2.06. The molecule has 28 heavy (non-hydrogen) atoms. The van der Waals surface area contributed by atoms with Crippen molar-refractivity contribution < 1.29 is 14.6 Å². The zero-order valence-corrected chi connectivity index (χ0v) is 18.1. The van der Waals surface area contributed by atoms with Crippen LogP contribution in [0.2, 0.25) is 15.1 Å². The first-order valence-corrected chi connectivity index (χ1v) is 9.67. The number of benzene rings is 2. The summed E-state index contributed by atoms with van der Waals surface area (Å²) in [6.45, 7) is 4.34. The van der Waals surface area contributed by atoms with Gasteiger partial charge in [0.05, 0.1) is 17.2 Å². The van der Waals surface area contributed by atoms with Gasteiger partial charge in [0.1, 0.15) is 6.61 Å². The molecule has 0 bridgehead atoms. The first kappa shape index (κ1) is 22.3. The van der Waals surface area contributed by atoms with Crippen LogP contribution in [0.1, 0.15) is 11.1 Å². The fraction of sp³-hybridized carbons (Fsp3) is 0.158. The Morgan fingerprint density at radius 1 is 1.18 bits per heavy atom. The summed E-state index contributed by atoms with van der Waals surface area (Å²) in [5.74, 6) is 1.10. The average molecular weight is 460 g/mol. The molecular formula is C19H19Cl3N3O2S+. The van der Waals surface area contributed by atoms with E-state index in [4.69, 9.17) is 56.5 Å². The Hall–Kier alpha value is -1.99. The second kappa shape index (κ2) is 11.1. The minimum Gasteiger partial charge on any atom is -0.493 e. The van der Waals surface area contributed by atoms with Gasteiger partial charge in [0.15, 0.2) is 17.7 Å². The molecule has 2 rings (SSSR count). The van der Waals surface area contributed by atoms with Gasteiger partial charge in [-0.25, -0.2) is 0 Å². The topological polar surface area (TPSA) is 56.5 Å². The first-order chi connectivity index (χ1) is 13.5. The van der Waals surface area contributed by atoms with Crippen LogP contribution in [0.15, 0.2) is 43.0 Å². The number of nitrogens with one attached hydrogen (secondary N) is 3. The molecule has 0 unspecified atom stereocenters. The maximum absolute atomic E-state index is 6.21. The van der Waals surface area contributed by atoms with Crippen LogP contribution in [0.5, 0.6) is 11.5 Å². The Morgan fingerprint density at radius 2 is 1.93 bits per heavy atom. The van der Waals surface area contributed by atoms with Crippen molar-refractivity contribution in [1.82, 2.24) is 10.7 Å². The van der Waals surface area contributed by atoms with Crippen LogP contribution in [0.3, 0.4) is 0 Å². The molecule has 2 aromatic rings. The second-order valence-corrected chi connectivity index (χ2v) is 7.03. The third-order valence-electron chi connectivity index (χ3n) is 3.53. The minimum absolute atomic E-state index is 0.153. The van der Waals surface area contributed by atoms with E-state index >= 15 is 0 Å². The largest absolute Gasteiger partial charge is 0.493 e. The second-order valence-electron chi connectivity index (χ2n) is 5.43. The average Bonchev–Trinajstić information content (AvgIpc) is 2.69. The van der Waals surface area contributed by atoms with Crippen LogP contribution in [0, 0.1) is 0 Å². The molecule has 0 saturated carbocycles. The summed E-state index contributed by atoms with van der Waals surface area (Å²) in [6.07, 6.45) is 3.45. The molecule has 0 saturated heterocycles. The Morgan fingerprint density at radius 3 is 2.64 bits per heavy atom. The molecule has 0 amide bonds. The predicted octanol–water partition coefficient (Wildman–Crippen LogP) is 3.30. The van der Waals surface area contributed by atoms with E-state index in [1.54, 1.807) is 37.6 Å². The fourth-order valence-corrected chi connectivity index (χ4v) is 2.94. The number of thiocarbonyl (C=S) groups is 1. The SMILES string of the molecule is C=CCNC(=S)N[NH+]=Cc1ccc(OCc2c(Cl)ccc(Cl)c2Cl)c(OC)c1. The number of methoxy groups -OCH3 is 1. The highest BCUT2D eigenvalue weighted by Crippen LogP contribution is 2.34. The van der Waals surface area contributed by atoms with Crippen LogP contribution >= 0.6 is 47.0 Å². The van der Waals surface area contributed by atoms with Gasteiger partial charge in [0, 0.05) is 22.7 Å². The van der Waals surface area contributed by atoms with Crippen molar-refractivity contribution in [2.45, 2.75) is 6.61 Å². The lowest BCUT2D eigenvalue weighted by atomic mass is 10.2. The maximum Gasteiger partial charge on any atom is 0.224 e. The van der Waals surface area contributed by atoms with Gasteiger partial charge in [0.2, 0.25) is 5.11 Å². The molecule has 0 heterocycles. The number of rotatable bonds is 8. The Labute approximate surface area is 184 Å². The number of halogens is 3. The van der Waals surface area contributed by atoms with E-state index in [0.717, 1.165) is 5.56 Å². The number of hydrogen-bond donors (Lipinski definition) is 3. The van der Waals surface area contributed by atoms with Crippen molar-refractivity contribution in [1.29, 1.82) is 0 Å². The quantitative estimate of drug-likeness (QED) is 0.186. The van der Waals surface area contributed by atoms with Crippen LogP contribution in [0.25, 0.3) is 0 Å². The maximum atomic E-state index is 6.21. The first-order valence-electron chi connectivity index (χ1n) is 8.13. The summed E-state index contributed by atoms with van der Waals surface area (Å²) >= 11 is 23.5. The normalized spacial score (nSPS) is 10.6. The number of hydrazine groups is 1. The van der Waals surface area contributed by atoms with Crippen molar-refractivity contribution in [3.63, 3.8) is 0 Å². The van der Waals surface area contributed by atoms with Crippen LogP contribution in [0.4, 0.5) is 0 Å². The van der Waals surface area contributed by atoms with Crippen molar-refractivity contribution in [2.75, 3.05) is 13.7 Å². The van der Waals surface area contributed by atoms with Crippen LogP contribution in [-0.4, -0.2) is 25.0 Å². The highest BCUT2D eigenvalue weighted by molar-refractivity contribution is 7.80. The van der Waals surface area contributed by atoms with Gasteiger partial charge in [-0.05, 0) is 42.5 Å². The van der Waals surface area contributed by atoms with Gasteiger partial charge < -0.3 is 14.8 Å². The molecule has 9 heteroatoms. The molecule has 5 nitrogen and oxygen atoms in total.